The van der Waals surface area contributed by atoms with Crippen LogP contribution in [-0.2, 0) is 11.3 Å². The molecule has 0 fully saturated rings. The largest absolute Gasteiger partial charge is 0.493 e. The van der Waals surface area contributed by atoms with Crippen LogP contribution in [0.5, 0.6) is 5.75 Å². The number of rotatable bonds is 4. The zero-order valence-corrected chi connectivity index (χ0v) is 16.9. The minimum Gasteiger partial charge on any atom is -0.493 e. The van der Waals surface area contributed by atoms with Crippen LogP contribution in [0.3, 0.4) is 0 Å². The van der Waals surface area contributed by atoms with Gasteiger partial charge in [-0.3, -0.25) is 4.79 Å². The van der Waals surface area contributed by atoms with Gasteiger partial charge in [-0.25, -0.2) is 9.37 Å². The predicted octanol–water partition coefficient (Wildman–Crippen LogP) is 4.76. The Morgan fingerprint density at radius 3 is 2.93 bits per heavy atom. The number of benzene rings is 2. The van der Waals surface area contributed by atoms with Crippen LogP contribution < -0.4 is 10.1 Å². The van der Waals surface area contributed by atoms with Crippen molar-refractivity contribution in [1.82, 2.24) is 9.55 Å². The molecular weight excluding hydrogens is 381 g/mol. The number of hydrogen-bond donors (Lipinski definition) is 1. The van der Waals surface area contributed by atoms with E-state index in [0.717, 1.165) is 36.3 Å². The molecule has 0 aliphatic carbocycles. The molecule has 154 valence electrons. The third-order valence-electron chi connectivity index (χ3n) is 6.17. The molecule has 1 aromatic heterocycles. The summed E-state index contributed by atoms with van der Waals surface area (Å²) in [7, 11) is 0. The molecule has 3 heterocycles. The quantitative estimate of drug-likeness (QED) is 0.681. The summed E-state index contributed by atoms with van der Waals surface area (Å²) in [5.41, 5.74) is 5.16. The van der Waals surface area contributed by atoms with Crippen LogP contribution in [0.25, 0.3) is 0 Å². The average molecular weight is 405 g/mol. The topological polar surface area (TPSA) is 56.2 Å². The van der Waals surface area contributed by atoms with Crippen LogP contribution >= 0.6 is 0 Å². The Labute approximate surface area is 174 Å². The molecule has 0 spiro atoms. The highest BCUT2D eigenvalue weighted by Gasteiger charge is 2.27. The minimum absolute atomic E-state index is 0.0972. The number of aromatic nitrogens is 2. The molecule has 0 bridgehead atoms. The van der Waals surface area contributed by atoms with Crippen molar-refractivity contribution in [2.24, 2.45) is 0 Å². The SMILES string of the molecule is Cc1ncn2c1[C@@H](c1ccc(NC(=O)C[C@@H]3COc4ccc(F)cc43)cc1)CCC2. The number of imidazole rings is 1. The third-order valence-corrected chi connectivity index (χ3v) is 6.17. The highest BCUT2D eigenvalue weighted by molar-refractivity contribution is 5.91. The van der Waals surface area contributed by atoms with Gasteiger partial charge in [-0.05, 0) is 55.7 Å². The number of hydrogen-bond acceptors (Lipinski definition) is 3. The number of anilines is 1. The molecule has 1 amide bonds. The second kappa shape index (κ2) is 7.59. The van der Waals surface area contributed by atoms with Gasteiger partial charge in [0.1, 0.15) is 11.6 Å². The molecule has 6 heteroatoms. The van der Waals surface area contributed by atoms with E-state index in [0.29, 0.717) is 18.3 Å². The van der Waals surface area contributed by atoms with Gasteiger partial charge >= 0.3 is 0 Å². The van der Waals surface area contributed by atoms with Gasteiger partial charge in [0.15, 0.2) is 0 Å². The number of amides is 1. The van der Waals surface area contributed by atoms with E-state index in [1.807, 2.05) is 18.5 Å². The number of carbonyl (C=O) groups excluding carboxylic acids is 1. The second-order valence-electron chi connectivity index (χ2n) is 8.17. The van der Waals surface area contributed by atoms with Crippen LogP contribution in [0.15, 0.2) is 48.8 Å². The number of nitrogens with one attached hydrogen (secondary N) is 1. The number of ether oxygens (including phenoxy) is 1. The average Bonchev–Trinajstić information content (AvgIpc) is 3.32. The maximum atomic E-state index is 13.5. The lowest BCUT2D eigenvalue weighted by Crippen LogP contribution is -2.17. The van der Waals surface area contributed by atoms with Crippen molar-refractivity contribution in [1.29, 1.82) is 0 Å². The van der Waals surface area contributed by atoms with E-state index in [2.05, 4.69) is 33.9 Å². The van der Waals surface area contributed by atoms with Crippen molar-refractivity contribution < 1.29 is 13.9 Å². The van der Waals surface area contributed by atoms with Crippen LogP contribution in [0.2, 0.25) is 0 Å². The standard InChI is InChI=1S/C24H24FN3O2/c1-15-24-20(3-2-10-28(24)14-26-15)16-4-7-19(8-5-16)27-23(29)11-17-13-30-22-9-6-18(25)12-21(17)22/h4-9,12,14,17,20H,2-3,10-11,13H2,1H3,(H,27,29)/t17-,20-/m1/s1. The summed E-state index contributed by atoms with van der Waals surface area (Å²) in [5, 5.41) is 2.96. The first kappa shape index (κ1) is 18.9. The van der Waals surface area contributed by atoms with Gasteiger partial charge in [0, 0.05) is 41.7 Å². The summed E-state index contributed by atoms with van der Waals surface area (Å²) in [6.45, 7) is 3.49. The van der Waals surface area contributed by atoms with Gasteiger partial charge in [-0.2, -0.15) is 0 Å². The Morgan fingerprint density at radius 1 is 1.27 bits per heavy atom. The van der Waals surface area contributed by atoms with Gasteiger partial charge < -0.3 is 14.6 Å². The Balaban J connectivity index is 1.26. The van der Waals surface area contributed by atoms with Crippen molar-refractivity contribution in [3.8, 4) is 5.75 Å². The van der Waals surface area contributed by atoms with Crippen LogP contribution in [0.1, 0.15) is 53.6 Å². The Kier molecular flexibility index (Phi) is 4.77. The smallest absolute Gasteiger partial charge is 0.225 e. The summed E-state index contributed by atoms with van der Waals surface area (Å²) in [6.07, 6.45) is 4.44. The van der Waals surface area contributed by atoms with Gasteiger partial charge in [-0.15, -0.1) is 0 Å². The number of halogens is 1. The maximum Gasteiger partial charge on any atom is 0.225 e. The zero-order chi connectivity index (χ0) is 20.7. The van der Waals surface area contributed by atoms with Crippen molar-refractivity contribution in [3.05, 3.63) is 77.1 Å². The summed E-state index contributed by atoms with van der Waals surface area (Å²) < 4.78 is 21.4. The maximum absolute atomic E-state index is 13.5. The number of fused-ring (bicyclic) bond motifs is 2. The Hall–Kier alpha value is -3.15. The molecule has 5 rings (SSSR count). The molecule has 2 atom stereocenters. The molecule has 2 aliphatic heterocycles. The summed E-state index contributed by atoms with van der Waals surface area (Å²) in [4.78, 5) is 17.0. The van der Waals surface area contributed by atoms with Crippen molar-refractivity contribution in [3.63, 3.8) is 0 Å². The molecule has 0 saturated heterocycles. The fourth-order valence-electron chi connectivity index (χ4n) is 4.70. The van der Waals surface area contributed by atoms with E-state index >= 15 is 0 Å². The minimum atomic E-state index is -0.306. The van der Waals surface area contributed by atoms with Crippen LogP contribution in [0, 0.1) is 12.7 Å². The Bertz CT molecular complexity index is 1090. The van der Waals surface area contributed by atoms with Crippen molar-refractivity contribution >= 4 is 11.6 Å². The lowest BCUT2D eigenvalue weighted by molar-refractivity contribution is -0.116. The van der Waals surface area contributed by atoms with E-state index in [4.69, 9.17) is 4.74 Å². The molecule has 2 aliphatic rings. The molecule has 0 unspecified atom stereocenters. The van der Waals surface area contributed by atoms with Crippen molar-refractivity contribution in [2.75, 3.05) is 11.9 Å². The number of carbonyl (C=O) groups is 1. The lowest BCUT2D eigenvalue weighted by Gasteiger charge is -2.25. The predicted molar refractivity (Wildman–Crippen MR) is 112 cm³/mol. The summed E-state index contributed by atoms with van der Waals surface area (Å²) >= 11 is 0. The molecule has 0 saturated carbocycles. The highest BCUT2D eigenvalue weighted by Crippen LogP contribution is 2.37. The van der Waals surface area contributed by atoms with E-state index in [9.17, 15) is 9.18 Å². The normalized spacial score (nSPS) is 19.7. The van der Waals surface area contributed by atoms with Crippen LogP contribution in [0.4, 0.5) is 10.1 Å². The number of aryl methyl sites for hydroxylation is 2. The van der Waals surface area contributed by atoms with Gasteiger partial charge in [0.05, 0.1) is 18.6 Å². The fraction of sp³-hybridized carbons (Fsp3) is 0.333. The monoisotopic (exact) mass is 405 g/mol. The molecule has 3 aromatic rings. The van der Waals surface area contributed by atoms with Crippen LogP contribution in [-0.4, -0.2) is 22.1 Å². The first-order valence-electron chi connectivity index (χ1n) is 10.4. The van der Waals surface area contributed by atoms with E-state index in [1.54, 1.807) is 6.07 Å². The fourth-order valence-corrected chi connectivity index (χ4v) is 4.70. The molecule has 2 aromatic carbocycles. The molecule has 0 radical (unpaired) electrons. The zero-order valence-electron chi connectivity index (χ0n) is 16.9. The lowest BCUT2D eigenvalue weighted by atomic mass is 9.87. The molecule has 1 N–H and O–H groups in total. The van der Waals surface area contributed by atoms with E-state index in [-0.39, 0.29) is 24.1 Å². The second-order valence-corrected chi connectivity index (χ2v) is 8.17. The van der Waals surface area contributed by atoms with E-state index < -0.39 is 0 Å². The summed E-state index contributed by atoms with van der Waals surface area (Å²) in [5.74, 6) is 0.480. The molecular formula is C24H24FN3O2. The number of nitrogens with zero attached hydrogens (tertiary/aromatic N) is 2. The molecule has 5 nitrogen and oxygen atoms in total. The summed E-state index contributed by atoms with van der Waals surface area (Å²) in [6, 6.07) is 12.6. The van der Waals surface area contributed by atoms with Gasteiger partial charge in [-0.1, -0.05) is 12.1 Å². The van der Waals surface area contributed by atoms with E-state index in [1.165, 1.54) is 23.4 Å². The van der Waals surface area contributed by atoms with Gasteiger partial charge in [0.2, 0.25) is 5.91 Å². The third kappa shape index (κ3) is 3.47. The Morgan fingerprint density at radius 2 is 2.10 bits per heavy atom. The first-order valence-corrected chi connectivity index (χ1v) is 10.4. The molecule has 30 heavy (non-hydrogen) atoms. The highest BCUT2D eigenvalue weighted by atomic mass is 19.1. The first-order chi connectivity index (χ1) is 14.6. The van der Waals surface area contributed by atoms with Gasteiger partial charge in [0.25, 0.3) is 0 Å². The van der Waals surface area contributed by atoms with Crippen molar-refractivity contribution in [2.45, 2.75) is 44.6 Å².